The van der Waals surface area contributed by atoms with Crippen molar-refractivity contribution in [2.75, 3.05) is 18.1 Å². The first-order valence-corrected chi connectivity index (χ1v) is 11.7. The van der Waals surface area contributed by atoms with Crippen LogP contribution in [0.1, 0.15) is 32.7 Å². The highest BCUT2D eigenvalue weighted by atomic mass is 79.9. The van der Waals surface area contributed by atoms with E-state index in [1.165, 1.54) is 11.0 Å². The lowest BCUT2D eigenvalue weighted by Gasteiger charge is -2.20. The molecule has 1 saturated heterocycles. The number of amides is 1. The number of carbonyl (C=O) groups is 4. The molecule has 0 spiro atoms. The summed E-state index contributed by atoms with van der Waals surface area (Å²) in [5, 5.41) is 0.358. The molecule has 6 nitrogen and oxygen atoms in total. The lowest BCUT2D eigenvalue weighted by atomic mass is 10.0. The van der Waals surface area contributed by atoms with Gasteiger partial charge in [0.1, 0.15) is 0 Å². The molecule has 0 radical (unpaired) electrons. The zero-order chi connectivity index (χ0) is 24.2. The summed E-state index contributed by atoms with van der Waals surface area (Å²) in [7, 11) is 0. The first-order valence-electron chi connectivity index (χ1n) is 10.5. The van der Waals surface area contributed by atoms with Gasteiger partial charge in [-0.3, -0.25) is 19.2 Å². The molecule has 0 bridgehead atoms. The topological polar surface area (TPSA) is 80.8 Å². The Kier molecular flexibility index (Phi) is 7.24. The van der Waals surface area contributed by atoms with Gasteiger partial charge in [0.05, 0.1) is 11.6 Å². The first kappa shape index (κ1) is 23.9. The maximum absolute atomic E-state index is 13.1. The van der Waals surface area contributed by atoms with E-state index >= 15 is 0 Å². The molecule has 3 aromatic rings. The van der Waals surface area contributed by atoms with E-state index in [0.29, 0.717) is 21.8 Å². The van der Waals surface area contributed by atoms with E-state index in [9.17, 15) is 19.2 Å². The lowest BCUT2D eigenvalue weighted by molar-refractivity contribution is -0.147. The Morgan fingerprint density at radius 1 is 0.971 bits per heavy atom. The fourth-order valence-electron chi connectivity index (χ4n) is 3.74. The van der Waals surface area contributed by atoms with Crippen molar-refractivity contribution in [2.24, 2.45) is 5.92 Å². The largest absolute Gasteiger partial charge is 0.457 e. The number of benzene rings is 3. The van der Waals surface area contributed by atoms with Gasteiger partial charge in [0.2, 0.25) is 5.91 Å². The van der Waals surface area contributed by atoms with Crippen LogP contribution in [0.4, 0.5) is 5.69 Å². The van der Waals surface area contributed by atoms with Crippen molar-refractivity contribution in [3.63, 3.8) is 0 Å². The summed E-state index contributed by atoms with van der Waals surface area (Å²) in [6.45, 7) is -0.370. The van der Waals surface area contributed by atoms with E-state index in [-0.39, 0.29) is 36.0 Å². The van der Waals surface area contributed by atoms with Crippen LogP contribution in [0.25, 0.3) is 0 Å². The average molecular weight is 541 g/mol. The molecule has 0 N–H and O–H groups in total. The fourth-order valence-corrected chi connectivity index (χ4v) is 4.18. The molecule has 4 rings (SSSR count). The molecule has 1 fully saturated rings. The van der Waals surface area contributed by atoms with Crippen LogP contribution in [0.5, 0.6) is 0 Å². The Morgan fingerprint density at radius 3 is 2.38 bits per heavy atom. The van der Waals surface area contributed by atoms with E-state index in [2.05, 4.69) is 15.9 Å². The van der Waals surface area contributed by atoms with Crippen LogP contribution >= 0.6 is 27.5 Å². The Morgan fingerprint density at radius 2 is 1.68 bits per heavy atom. The van der Waals surface area contributed by atoms with Crippen LogP contribution in [0.2, 0.25) is 5.02 Å². The number of anilines is 1. The summed E-state index contributed by atoms with van der Waals surface area (Å²) in [6, 6.07) is 20.1. The second kappa shape index (κ2) is 10.3. The highest BCUT2D eigenvalue weighted by Gasteiger charge is 2.38. The molecule has 1 amide bonds. The molecule has 0 aromatic heterocycles. The quantitative estimate of drug-likeness (QED) is 0.307. The van der Waals surface area contributed by atoms with E-state index in [1.807, 2.05) is 0 Å². The van der Waals surface area contributed by atoms with Crippen LogP contribution in [0.3, 0.4) is 0 Å². The van der Waals surface area contributed by atoms with E-state index in [4.69, 9.17) is 16.3 Å². The van der Waals surface area contributed by atoms with Crippen molar-refractivity contribution in [1.29, 1.82) is 0 Å². The maximum atomic E-state index is 13.1. The van der Waals surface area contributed by atoms with Crippen LogP contribution in [-0.4, -0.2) is 36.6 Å². The zero-order valence-corrected chi connectivity index (χ0v) is 20.2. The molecule has 34 heavy (non-hydrogen) atoms. The normalized spacial score (nSPS) is 15.3. The highest BCUT2D eigenvalue weighted by Crippen LogP contribution is 2.32. The van der Waals surface area contributed by atoms with E-state index < -0.39 is 18.5 Å². The third kappa shape index (κ3) is 5.26. The second-order valence-electron chi connectivity index (χ2n) is 7.80. The first-order chi connectivity index (χ1) is 16.3. The third-order valence-corrected chi connectivity index (χ3v) is 6.26. The van der Waals surface area contributed by atoms with Gasteiger partial charge in [-0.25, -0.2) is 0 Å². The summed E-state index contributed by atoms with van der Waals surface area (Å²) < 4.78 is 6.04. The molecular weight excluding hydrogens is 522 g/mol. The highest BCUT2D eigenvalue weighted by molar-refractivity contribution is 9.10. The van der Waals surface area contributed by atoms with Crippen LogP contribution < -0.4 is 4.90 Å². The Bertz CT molecular complexity index is 1260. The standard InChI is InChI=1S/C26H19BrClNO5/c27-19-8-6-16(7-9-19)23(30)15-34-26(33)18-12-24(31)29(14-18)22-11-10-20(28)13-21(22)25(32)17-4-2-1-3-5-17/h1-11,13,18H,12,14-15H2/t18-/m1/s1. The number of hydrogen-bond acceptors (Lipinski definition) is 5. The molecule has 8 heteroatoms. The molecular formula is C26H19BrClNO5. The molecule has 1 aliphatic heterocycles. The summed E-state index contributed by atoms with van der Waals surface area (Å²) in [4.78, 5) is 52.2. The lowest BCUT2D eigenvalue weighted by Crippen LogP contribution is -2.28. The fraction of sp³-hybridized carbons (Fsp3) is 0.154. The van der Waals surface area contributed by atoms with Crippen molar-refractivity contribution in [2.45, 2.75) is 6.42 Å². The van der Waals surface area contributed by atoms with Gasteiger partial charge in [-0.1, -0.05) is 70.0 Å². The Labute approximate surface area is 209 Å². The van der Waals surface area contributed by atoms with Crippen molar-refractivity contribution in [3.8, 4) is 0 Å². The van der Waals surface area contributed by atoms with Gasteiger partial charge in [0.25, 0.3) is 0 Å². The number of ether oxygens (including phenoxy) is 1. The number of Topliss-reactive ketones (excluding diaryl/α,β-unsaturated/α-hetero) is 1. The number of halogens is 2. The van der Waals surface area contributed by atoms with Crippen LogP contribution in [0, 0.1) is 5.92 Å². The maximum Gasteiger partial charge on any atom is 0.311 e. The number of nitrogens with zero attached hydrogens (tertiary/aromatic N) is 1. The van der Waals surface area contributed by atoms with Gasteiger partial charge in [0, 0.05) is 39.2 Å². The molecule has 3 aromatic carbocycles. The number of ketones is 2. The summed E-state index contributed by atoms with van der Waals surface area (Å²) in [5.41, 5.74) is 1.53. The molecule has 172 valence electrons. The molecule has 0 unspecified atom stereocenters. The molecule has 1 aliphatic rings. The molecule has 0 aliphatic carbocycles. The number of esters is 1. The van der Waals surface area contributed by atoms with Gasteiger partial charge >= 0.3 is 5.97 Å². The van der Waals surface area contributed by atoms with Crippen molar-refractivity contribution in [1.82, 2.24) is 0 Å². The molecule has 1 heterocycles. The zero-order valence-electron chi connectivity index (χ0n) is 17.9. The molecule has 1 atom stereocenters. The Hall–Kier alpha value is -3.29. The van der Waals surface area contributed by atoms with Crippen molar-refractivity contribution in [3.05, 3.63) is 99.0 Å². The number of rotatable bonds is 7. The van der Waals surface area contributed by atoms with Crippen LogP contribution in [-0.2, 0) is 14.3 Å². The summed E-state index contributed by atoms with van der Waals surface area (Å²) in [6.07, 6.45) is -0.0765. The van der Waals surface area contributed by atoms with Gasteiger partial charge in [-0.05, 0) is 30.3 Å². The van der Waals surface area contributed by atoms with Gasteiger partial charge in [-0.2, -0.15) is 0 Å². The third-order valence-electron chi connectivity index (χ3n) is 5.50. The summed E-state index contributed by atoms with van der Waals surface area (Å²) in [5.74, 6) is -2.31. The predicted molar refractivity (Wildman–Crippen MR) is 131 cm³/mol. The average Bonchev–Trinajstić information content (AvgIpc) is 3.24. The Balaban J connectivity index is 1.47. The van der Waals surface area contributed by atoms with E-state index in [0.717, 1.165) is 4.47 Å². The minimum atomic E-state index is -0.749. The number of carbonyl (C=O) groups excluding carboxylic acids is 4. The van der Waals surface area contributed by atoms with Gasteiger partial charge in [-0.15, -0.1) is 0 Å². The minimum absolute atomic E-state index is 0.0425. The smallest absolute Gasteiger partial charge is 0.311 e. The van der Waals surface area contributed by atoms with Crippen LogP contribution in [0.15, 0.2) is 77.3 Å². The number of hydrogen-bond donors (Lipinski definition) is 0. The van der Waals surface area contributed by atoms with Gasteiger partial charge < -0.3 is 9.64 Å². The van der Waals surface area contributed by atoms with E-state index in [1.54, 1.807) is 66.7 Å². The van der Waals surface area contributed by atoms with Gasteiger partial charge in [0.15, 0.2) is 18.2 Å². The minimum Gasteiger partial charge on any atom is -0.457 e. The van der Waals surface area contributed by atoms with Crippen molar-refractivity contribution >= 4 is 56.7 Å². The molecule has 0 saturated carbocycles. The second-order valence-corrected chi connectivity index (χ2v) is 9.15. The SMILES string of the molecule is O=C(COC(=O)[C@@H]1CC(=O)N(c2ccc(Cl)cc2C(=O)c2ccccc2)C1)c1ccc(Br)cc1. The predicted octanol–water partition coefficient (Wildman–Crippen LogP) is 5.11. The van der Waals surface area contributed by atoms with Crippen molar-refractivity contribution < 1.29 is 23.9 Å². The summed E-state index contributed by atoms with van der Waals surface area (Å²) >= 11 is 9.44. The monoisotopic (exact) mass is 539 g/mol.